The van der Waals surface area contributed by atoms with Gasteiger partial charge in [-0.25, -0.2) is 4.79 Å². The molecule has 1 amide bonds. The van der Waals surface area contributed by atoms with Crippen LogP contribution in [0.3, 0.4) is 0 Å². The summed E-state index contributed by atoms with van der Waals surface area (Å²) in [6, 6.07) is 7.49. The van der Waals surface area contributed by atoms with Crippen LogP contribution in [0.15, 0.2) is 24.3 Å². The van der Waals surface area contributed by atoms with Gasteiger partial charge in [0.25, 0.3) is 0 Å². The van der Waals surface area contributed by atoms with Crippen LogP contribution in [0.1, 0.15) is 33.3 Å². The average molecular weight is 283 g/mol. The number of carbonyl (C=O) groups excluding carboxylic acids is 1. The molecule has 0 saturated heterocycles. The number of hydrogen-bond donors (Lipinski definition) is 3. The van der Waals surface area contributed by atoms with Gasteiger partial charge in [0.1, 0.15) is 5.60 Å². The number of hydrogen-bond acceptors (Lipinski definition) is 2. The molecule has 0 saturated carbocycles. The van der Waals surface area contributed by atoms with E-state index in [1.807, 2.05) is 45.0 Å². The van der Waals surface area contributed by atoms with Gasteiger partial charge in [-0.05, 0) is 39.3 Å². The number of aliphatic hydroxyl groups is 1. The van der Waals surface area contributed by atoms with Crippen LogP contribution in [-0.2, 0) is 10.5 Å². The maximum atomic E-state index is 11.7. The molecule has 1 aromatic carbocycles. The van der Waals surface area contributed by atoms with Gasteiger partial charge in [0.2, 0.25) is 0 Å². The van der Waals surface area contributed by atoms with Crippen molar-refractivity contribution in [1.82, 2.24) is 0 Å². The first-order valence-electron chi connectivity index (χ1n) is 6.06. The van der Waals surface area contributed by atoms with Gasteiger partial charge in [0.05, 0.1) is 5.05 Å². The van der Waals surface area contributed by atoms with E-state index in [2.05, 4.69) is 5.32 Å². The first kappa shape index (κ1) is 15.7. The highest BCUT2D eigenvalue weighted by Crippen LogP contribution is 2.19. The minimum atomic E-state index is -0.521. The zero-order valence-electron chi connectivity index (χ0n) is 11.7. The molecule has 0 atom stereocenters. The minimum Gasteiger partial charge on any atom is -0.444 e. The van der Waals surface area contributed by atoms with E-state index in [1.54, 1.807) is 6.92 Å². The summed E-state index contributed by atoms with van der Waals surface area (Å²) in [5.74, 6) is 0.647. The molecule has 0 aliphatic carbocycles. The molecule has 0 aliphatic rings. The maximum absolute atomic E-state index is 11.7. The van der Waals surface area contributed by atoms with E-state index in [0.29, 0.717) is 16.5 Å². The van der Waals surface area contributed by atoms with Crippen LogP contribution < -0.4 is 5.32 Å². The number of aliphatic hydroxyl groups excluding tert-OH is 1. The highest BCUT2D eigenvalue weighted by atomic mass is 32.1. The van der Waals surface area contributed by atoms with Gasteiger partial charge in [-0.2, -0.15) is 11.4 Å². The quantitative estimate of drug-likeness (QED) is 0.585. The van der Waals surface area contributed by atoms with E-state index in [-0.39, 0.29) is 0 Å². The lowest BCUT2D eigenvalue weighted by atomic mass is 10.2. The van der Waals surface area contributed by atoms with Crippen LogP contribution in [0.25, 0.3) is 0 Å². The van der Waals surface area contributed by atoms with Gasteiger partial charge in [-0.15, -0.1) is 0 Å². The van der Waals surface area contributed by atoms with Crippen LogP contribution in [0.5, 0.6) is 0 Å². The average Bonchev–Trinajstić information content (AvgIpc) is 2.25. The lowest BCUT2D eigenvalue weighted by Crippen LogP contribution is -2.27. The van der Waals surface area contributed by atoms with E-state index in [0.717, 1.165) is 16.9 Å². The third-order valence-corrected chi connectivity index (χ3v) is 3.09. The SMILES string of the molecule is CC(O)=[SH]Cc1ccccc1NC(=O)OC(C)(C)C. The smallest absolute Gasteiger partial charge is 0.412 e. The van der Waals surface area contributed by atoms with Crippen molar-refractivity contribution in [1.29, 1.82) is 0 Å². The van der Waals surface area contributed by atoms with Crippen molar-refractivity contribution in [3.63, 3.8) is 0 Å². The Bertz CT molecular complexity index is 474. The molecule has 1 rings (SSSR count). The zero-order valence-corrected chi connectivity index (χ0v) is 12.6. The van der Waals surface area contributed by atoms with Crippen molar-refractivity contribution < 1.29 is 14.6 Å². The molecule has 0 aromatic heterocycles. The standard InChI is InChI=1S/C14H21NO3S/c1-10(16)19-9-11-7-5-6-8-12(11)15-13(17)18-14(2,3)4/h5-8,16,19H,9H2,1-4H3,(H,15,17). The second kappa shape index (κ2) is 6.73. The summed E-state index contributed by atoms with van der Waals surface area (Å²) in [5.41, 5.74) is 1.15. The topological polar surface area (TPSA) is 58.6 Å². The van der Waals surface area contributed by atoms with Gasteiger partial charge in [-0.1, -0.05) is 18.2 Å². The second-order valence-electron chi connectivity index (χ2n) is 5.15. The number of nitrogens with one attached hydrogen (secondary N) is 1. The van der Waals surface area contributed by atoms with Crippen LogP contribution in [0.2, 0.25) is 0 Å². The third kappa shape index (κ3) is 6.40. The summed E-state index contributed by atoms with van der Waals surface area (Å²) in [4.78, 5) is 11.7. The van der Waals surface area contributed by atoms with Crippen molar-refractivity contribution in [2.75, 3.05) is 5.32 Å². The van der Waals surface area contributed by atoms with Crippen LogP contribution in [-0.4, -0.2) is 21.9 Å². The first-order chi connectivity index (χ1) is 8.78. The summed E-state index contributed by atoms with van der Waals surface area (Å²) >= 11 is 0.824. The van der Waals surface area contributed by atoms with Gasteiger partial charge in [0.15, 0.2) is 0 Å². The van der Waals surface area contributed by atoms with Crippen molar-refractivity contribution in [3.05, 3.63) is 29.8 Å². The Labute approximate surface area is 117 Å². The summed E-state index contributed by atoms with van der Waals surface area (Å²) in [6.45, 7) is 7.12. The molecule has 4 nitrogen and oxygen atoms in total. The molecule has 5 heteroatoms. The van der Waals surface area contributed by atoms with Gasteiger partial charge < -0.3 is 9.84 Å². The number of thiol groups is 1. The molecule has 0 aliphatic heterocycles. The molecule has 1 aromatic rings. The molecule has 0 heterocycles. The summed E-state index contributed by atoms with van der Waals surface area (Å²) in [6.07, 6.45) is -0.471. The molecule has 2 N–H and O–H groups in total. The fourth-order valence-corrected chi connectivity index (χ4v) is 2.07. The Balaban J connectivity index is 2.78. The summed E-state index contributed by atoms with van der Waals surface area (Å²) < 4.78 is 5.22. The monoisotopic (exact) mass is 283 g/mol. The number of anilines is 1. The van der Waals surface area contributed by atoms with Crippen LogP contribution in [0, 0.1) is 0 Å². The van der Waals surface area contributed by atoms with Crippen LogP contribution in [0.4, 0.5) is 10.5 Å². The van der Waals surface area contributed by atoms with E-state index in [1.165, 1.54) is 0 Å². The number of benzene rings is 1. The number of carbonyl (C=O) groups is 1. The molecular formula is C14H21NO3S. The van der Waals surface area contributed by atoms with E-state index in [9.17, 15) is 9.90 Å². The maximum Gasteiger partial charge on any atom is 0.412 e. The molecule has 0 bridgehead atoms. The van der Waals surface area contributed by atoms with E-state index >= 15 is 0 Å². The lowest BCUT2D eigenvalue weighted by molar-refractivity contribution is 0.0636. The molecule has 106 valence electrons. The molecule has 19 heavy (non-hydrogen) atoms. The number of rotatable bonds is 3. The Morgan fingerprint density at radius 3 is 2.58 bits per heavy atom. The molecule has 0 unspecified atom stereocenters. The Morgan fingerprint density at radius 1 is 1.37 bits per heavy atom. The van der Waals surface area contributed by atoms with Crippen molar-refractivity contribution in [3.8, 4) is 0 Å². The molecular weight excluding hydrogens is 262 g/mol. The normalized spacial score (nSPS) is 12.6. The predicted molar refractivity (Wildman–Crippen MR) is 82.3 cm³/mol. The van der Waals surface area contributed by atoms with Crippen molar-refractivity contribution in [2.45, 2.75) is 39.0 Å². The van der Waals surface area contributed by atoms with Crippen molar-refractivity contribution >= 4 is 28.2 Å². The van der Waals surface area contributed by atoms with Gasteiger partial charge in [-0.3, -0.25) is 5.32 Å². The molecule has 0 radical (unpaired) electrons. The molecule has 0 spiro atoms. The highest BCUT2D eigenvalue weighted by Gasteiger charge is 2.16. The number of ether oxygens (including phenoxy) is 1. The summed E-state index contributed by atoms with van der Waals surface area (Å²) in [5, 5.41) is 12.3. The zero-order chi connectivity index (χ0) is 14.5. The van der Waals surface area contributed by atoms with E-state index < -0.39 is 11.7 Å². The van der Waals surface area contributed by atoms with Gasteiger partial charge in [0, 0.05) is 11.4 Å². The second-order valence-corrected chi connectivity index (χ2v) is 6.43. The Morgan fingerprint density at radius 2 is 2.00 bits per heavy atom. The summed E-state index contributed by atoms with van der Waals surface area (Å²) in [7, 11) is 0. The van der Waals surface area contributed by atoms with Crippen LogP contribution >= 0.6 is 11.4 Å². The number of amides is 1. The Hall–Kier alpha value is -1.33. The largest absolute Gasteiger partial charge is 0.444 e. The first-order valence-corrected chi connectivity index (χ1v) is 7.14. The highest BCUT2D eigenvalue weighted by molar-refractivity contribution is 7.97. The predicted octanol–water partition coefficient (Wildman–Crippen LogP) is 3.71. The van der Waals surface area contributed by atoms with Gasteiger partial charge >= 0.3 is 6.09 Å². The minimum absolute atomic E-state index is 0.354. The molecule has 0 fully saturated rings. The fourth-order valence-electron chi connectivity index (χ4n) is 1.39. The Kier molecular flexibility index (Phi) is 5.57. The lowest BCUT2D eigenvalue weighted by Gasteiger charge is -2.20. The fraction of sp³-hybridized carbons (Fsp3) is 0.429. The number of para-hydroxylation sites is 1. The van der Waals surface area contributed by atoms with Crippen molar-refractivity contribution in [2.24, 2.45) is 0 Å². The van der Waals surface area contributed by atoms with E-state index in [4.69, 9.17) is 4.74 Å². The third-order valence-electron chi connectivity index (χ3n) is 2.13.